The Morgan fingerprint density at radius 2 is 0.714 bits per heavy atom. The zero-order chi connectivity index (χ0) is 16.1. The first-order chi connectivity index (χ1) is 9.28. The molecule has 0 aromatic heterocycles. The summed E-state index contributed by atoms with van der Waals surface area (Å²) in [5.41, 5.74) is 0. The van der Waals surface area contributed by atoms with Gasteiger partial charge in [0.1, 0.15) is 0 Å². The van der Waals surface area contributed by atoms with Crippen LogP contribution in [-0.4, -0.2) is 53.3 Å². The van der Waals surface area contributed by atoms with E-state index in [9.17, 15) is 0 Å². The summed E-state index contributed by atoms with van der Waals surface area (Å²) in [5, 5.41) is 0. The number of rotatable bonds is 0. The van der Waals surface area contributed by atoms with Crippen molar-refractivity contribution in [1.82, 2.24) is 0 Å². The van der Waals surface area contributed by atoms with E-state index in [1.54, 1.807) is 0 Å². The molecule has 2 aliphatic heterocycles. The summed E-state index contributed by atoms with van der Waals surface area (Å²) in [4.78, 5) is 0. The van der Waals surface area contributed by atoms with E-state index in [0.717, 1.165) is 0 Å². The molecule has 2 saturated heterocycles. The molecule has 2 bridgehead atoms. The Bertz CT molecular complexity index is 335. The monoisotopic (exact) mass is 400 g/mol. The third-order valence-corrected chi connectivity index (χ3v) is 22.2. The van der Waals surface area contributed by atoms with Gasteiger partial charge in [0.05, 0.1) is 0 Å². The first-order valence-corrected chi connectivity index (χ1v) is 20.6. The van der Waals surface area contributed by atoms with Crippen molar-refractivity contribution in [3.05, 3.63) is 0 Å². The van der Waals surface area contributed by atoms with Gasteiger partial charge in [-0.1, -0.05) is 0 Å². The molecule has 0 aromatic rings. The third kappa shape index (κ3) is 5.55. The fourth-order valence-electron chi connectivity index (χ4n) is 2.26. The predicted octanol–water partition coefficient (Wildman–Crippen LogP) is 1.91. The molecule has 0 amide bonds. The maximum absolute atomic E-state index is 6.17. The molecule has 2 fully saturated rings. The van der Waals surface area contributed by atoms with Crippen molar-refractivity contribution in [1.29, 1.82) is 0 Å². The van der Waals surface area contributed by atoms with Crippen LogP contribution in [0.2, 0.25) is 52.4 Å². The van der Waals surface area contributed by atoms with Crippen LogP contribution in [0.15, 0.2) is 0 Å². The molecule has 2 heterocycles. The van der Waals surface area contributed by atoms with Crippen LogP contribution in [0.5, 0.6) is 0 Å². The van der Waals surface area contributed by atoms with Crippen LogP contribution in [0.3, 0.4) is 0 Å². The van der Waals surface area contributed by atoms with Crippen LogP contribution >= 0.6 is 0 Å². The van der Waals surface area contributed by atoms with Crippen LogP contribution in [0.25, 0.3) is 0 Å². The Morgan fingerprint density at radius 1 is 0.476 bits per heavy atom. The van der Waals surface area contributed by atoms with Gasteiger partial charge in [0, 0.05) is 0 Å². The van der Waals surface area contributed by atoms with E-state index < -0.39 is 53.3 Å². The second kappa shape index (κ2) is 5.83. The smallest absolute Gasteiger partial charge is 0.416 e. The molecule has 2 rings (SSSR count). The molecule has 0 spiro atoms. The normalized spacial score (nSPS) is 32.6. The van der Waals surface area contributed by atoms with Gasteiger partial charge in [0.2, 0.25) is 0 Å². The highest BCUT2D eigenvalue weighted by molar-refractivity contribution is 6.90. The van der Waals surface area contributed by atoms with Gasteiger partial charge < -0.3 is 28.8 Å². The Kier molecular flexibility index (Phi) is 5.10. The van der Waals surface area contributed by atoms with Crippen LogP contribution in [-0.2, 0) is 28.8 Å². The largest absolute Gasteiger partial charge is 0.550 e. The maximum atomic E-state index is 6.17. The van der Waals surface area contributed by atoms with Crippen molar-refractivity contribution >= 4 is 53.3 Å². The summed E-state index contributed by atoms with van der Waals surface area (Å²) in [6, 6.07) is 0. The molecule has 0 N–H and O–H groups in total. The van der Waals surface area contributed by atoms with Gasteiger partial charge in [0.25, 0.3) is 0 Å². The van der Waals surface area contributed by atoms with Gasteiger partial charge in [-0.3, -0.25) is 0 Å². The van der Waals surface area contributed by atoms with Crippen LogP contribution in [0, 0.1) is 0 Å². The van der Waals surface area contributed by atoms with E-state index in [-0.39, 0.29) is 0 Å². The van der Waals surface area contributed by atoms with Crippen molar-refractivity contribution in [2.75, 3.05) is 0 Å². The topological polar surface area (TPSA) is 64.6 Å². The summed E-state index contributed by atoms with van der Waals surface area (Å²) in [7, 11) is -13.4. The standard InChI is InChI=1S/C8H24O7Si6/c1-18(2)10-16-9-17(12-19(3,4)14-18)13-21(7,8)15-20(5,6)11-16/h1-8H3. The minimum Gasteiger partial charge on any atom is -0.416 e. The van der Waals surface area contributed by atoms with Gasteiger partial charge >= 0.3 is 53.3 Å². The van der Waals surface area contributed by atoms with Crippen LogP contribution < -0.4 is 0 Å². The van der Waals surface area contributed by atoms with E-state index in [0.29, 0.717) is 0 Å². The molecular weight excluding hydrogens is 377 g/mol. The predicted molar refractivity (Wildman–Crippen MR) is 89.0 cm³/mol. The zero-order valence-electron chi connectivity index (χ0n) is 13.9. The lowest BCUT2D eigenvalue weighted by Gasteiger charge is -2.44. The fraction of sp³-hybridized carbons (Fsp3) is 1.00. The molecule has 0 saturated carbocycles. The molecule has 7 nitrogen and oxygen atoms in total. The molecular formula is C8H24O7Si6. The summed E-state index contributed by atoms with van der Waals surface area (Å²) in [5.74, 6) is 0. The lowest BCUT2D eigenvalue weighted by Crippen LogP contribution is -2.65. The molecule has 122 valence electrons. The molecule has 21 heavy (non-hydrogen) atoms. The molecule has 2 aliphatic rings. The third-order valence-electron chi connectivity index (χ3n) is 2.47. The summed E-state index contributed by atoms with van der Waals surface area (Å²) >= 11 is 0. The minimum atomic E-state index is -2.35. The highest BCUT2D eigenvalue weighted by atomic mass is 28.5. The van der Waals surface area contributed by atoms with E-state index in [2.05, 4.69) is 0 Å². The molecule has 2 radical (unpaired) electrons. The van der Waals surface area contributed by atoms with Crippen molar-refractivity contribution in [2.45, 2.75) is 52.4 Å². The second-order valence-corrected chi connectivity index (χ2v) is 24.7. The Balaban J connectivity index is 2.27. The zero-order valence-corrected chi connectivity index (χ0v) is 19.9. The quantitative estimate of drug-likeness (QED) is 0.575. The second-order valence-electron chi connectivity index (χ2n) is 6.81. The highest BCUT2D eigenvalue weighted by Crippen LogP contribution is 2.28. The van der Waals surface area contributed by atoms with Gasteiger partial charge in [0.15, 0.2) is 0 Å². The average molecular weight is 401 g/mol. The van der Waals surface area contributed by atoms with Crippen molar-refractivity contribution < 1.29 is 28.8 Å². The SMILES string of the molecule is C[Si]1(C)O[Si]2O[Si](O[Si](C)(C)O1)O[Si](C)(C)O[Si](C)(C)O2. The van der Waals surface area contributed by atoms with Crippen LogP contribution in [0.1, 0.15) is 0 Å². The molecule has 0 atom stereocenters. The molecule has 0 aromatic carbocycles. The Hall–Kier alpha value is 1.02. The molecule has 0 aliphatic carbocycles. The van der Waals surface area contributed by atoms with Gasteiger partial charge in [-0.15, -0.1) is 0 Å². The number of hydrogen-bond donors (Lipinski definition) is 0. The number of hydrogen-bond acceptors (Lipinski definition) is 7. The van der Waals surface area contributed by atoms with E-state index in [1.807, 2.05) is 52.4 Å². The first kappa shape index (κ1) is 18.4. The molecule has 13 heteroatoms. The minimum absolute atomic E-state index is 1.97. The average Bonchev–Trinajstić information content (AvgIpc) is 2.04. The van der Waals surface area contributed by atoms with Crippen molar-refractivity contribution in [2.24, 2.45) is 0 Å². The summed E-state index contributed by atoms with van der Waals surface area (Å²) in [6.45, 7) is 15.9. The Labute approximate surface area is 134 Å². The van der Waals surface area contributed by atoms with Crippen molar-refractivity contribution in [3.8, 4) is 0 Å². The van der Waals surface area contributed by atoms with Gasteiger partial charge in [-0.25, -0.2) is 0 Å². The summed E-state index contributed by atoms with van der Waals surface area (Å²) in [6.07, 6.45) is 0. The number of fused-ring (bicyclic) bond motifs is 2. The lowest BCUT2D eigenvalue weighted by atomic mass is 11.9. The van der Waals surface area contributed by atoms with E-state index in [1.165, 1.54) is 0 Å². The maximum Gasteiger partial charge on any atom is 0.550 e. The highest BCUT2D eigenvalue weighted by Gasteiger charge is 2.54. The van der Waals surface area contributed by atoms with E-state index >= 15 is 0 Å². The summed E-state index contributed by atoms with van der Waals surface area (Å²) < 4.78 is 42.6. The Morgan fingerprint density at radius 3 is 0.952 bits per heavy atom. The van der Waals surface area contributed by atoms with Crippen LogP contribution in [0.4, 0.5) is 0 Å². The van der Waals surface area contributed by atoms with E-state index in [4.69, 9.17) is 28.8 Å². The van der Waals surface area contributed by atoms with Gasteiger partial charge in [-0.05, 0) is 52.4 Å². The van der Waals surface area contributed by atoms with Crippen molar-refractivity contribution in [3.63, 3.8) is 0 Å². The fourth-order valence-corrected chi connectivity index (χ4v) is 24.1. The molecule has 0 unspecified atom stereocenters. The van der Waals surface area contributed by atoms with Gasteiger partial charge in [-0.2, -0.15) is 0 Å². The first-order valence-electron chi connectivity index (χ1n) is 6.86. The lowest BCUT2D eigenvalue weighted by molar-refractivity contribution is 0.147.